The maximum absolute atomic E-state index is 12.8. The zero-order valence-corrected chi connectivity index (χ0v) is 7.35. The smallest absolute Gasteiger partial charge is 0.138 e. The fourth-order valence-electron chi connectivity index (χ4n) is 0.699. The second-order valence-corrected chi connectivity index (χ2v) is 2.89. The Kier molecular flexibility index (Phi) is 2.75. The van der Waals surface area contributed by atoms with Crippen LogP contribution >= 0.6 is 15.9 Å². The van der Waals surface area contributed by atoms with Gasteiger partial charge in [-0.3, -0.25) is 0 Å². The van der Waals surface area contributed by atoms with Gasteiger partial charge in [-0.05, 0) is 28.1 Å². The first-order valence-electron chi connectivity index (χ1n) is 2.97. The highest BCUT2D eigenvalue weighted by Crippen LogP contribution is 2.18. The summed E-state index contributed by atoms with van der Waals surface area (Å²) in [6.45, 7) is 0. The number of benzene rings is 1. The van der Waals surface area contributed by atoms with E-state index in [0.29, 0.717) is 0 Å². The molecule has 1 aromatic rings. The predicted molar refractivity (Wildman–Crippen MR) is 43.4 cm³/mol. The molecule has 0 aliphatic carbocycles. The van der Waals surface area contributed by atoms with Crippen LogP contribution in [0.1, 0.15) is 5.56 Å². The zero-order valence-electron chi connectivity index (χ0n) is 5.76. The molecule has 0 aliphatic heterocycles. The summed E-state index contributed by atoms with van der Waals surface area (Å²) in [5, 5.41) is 10.7. The number of rotatable bonds is 1. The molecule has 0 saturated carbocycles. The van der Waals surface area contributed by atoms with Crippen LogP contribution in [-0.4, -0.2) is 11.4 Å². The second kappa shape index (κ2) is 3.62. The molecule has 5 heteroatoms. The van der Waals surface area contributed by atoms with Gasteiger partial charge in [0, 0.05) is 5.56 Å². The van der Waals surface area contributed by atoms with Crippen molar-refractivity contribution in [2.45, 2.75) is 0 Å². The average Bonchev–Trinajstić information content (AvgIpc) is 2.01. The Morgan fingerprint density at radius 1 is 1.33 bits per heavy atom. The van der Waals surface area contributed by atoms with E-state index in [-0.39, 0.29) is 10.0 Å². The standard InChI is InChI=1S/C7H4BrF2NO/c8-5-2-6(9)4(3-11-12)1-7(5)10/h1-3,12H/b11-3-. The average molecular weight is 236 g/mol. The third-order valence-corrected chi connectivity index (χ3v) is 1.84. The molecule has 0 unspecified atom stereocenters. The summed E-state index contributed by atoms with van der Waals surface area (Å²) in [5.74, 6) is -1.26. The Labute approximate surface area is 75.6 Å². The SMILES string of the molecule is O/N=C\c1cc(F)c(Br)cc1F. The van der Waals surface area contributed by atoms with E-state index >= 15 is 0 Å². The zero-order chi connectivity index (χ0) is 9.14. The summed E-state index contributed by atoms with van der Waals surface area (Å²) >= 11 is 2.81. The van der Waals surface area contributed by atoms with Crippen LogP contribution < -0.4 is 0 Å². The first-order chi connectivity index (χ1) is 5.65. The van der Waals surface area contributed by atoms with Gasteiger partial charge in [-0.25, -0.2) is 8.78 Å². The molecule has 0 bridgehead atoms. The lowest BCUT2D eigenvalue weighted by atomic mass is 10.2. The number of hydrogen-bond donors (Lipinski definition) is 1. The summed E-state index contributed by atoms with van der Waals surface area (Å²) in [7, 11) is 0. The van der Waals surface area contributed by atoms with Gasteiger partial charge in [-0.1, -0.05) is 5.16 Å². The Hall–Kier alpha value is -0.970. The van der Waals surface area contributed by atoms with Crippen LogP contribution in [0.15, 0.2) is 21.8 Å². The normalized spacial score (nSPS) is 10.9. The Morgan fingerprint density at radius 3 is 2.58 bits per heavy atom. The largest absolute Gasteiger partial charge is 0.411 e. The van der Waals surface area contributed by atoms with Gasteiger partial charge in [0.25, 0.3) is 0 Å². The fourth-order valence-corrected chi connectivity index (χ4v) is 1.01. The fraction of sp³-hybridized carbons (Fsp3) is 0. The number of nitrogens with zero attached hydrogens (tertiary/aromatic N) is 1. The van der Waals surface area contributed by atoms with E-state index in [1.807, 2.05) is 0 Å². The molecular weight excluding hydrogens is 232 g/mol. The molecule has 0 aliphatic rings. The maximum atomic E-state index is 12.8. The van der Waals surface area contributed by atoms with E-state index in [9.17, 15) is 8.78 Å². The summed E-state index contributed by atoms with van der Waals surface area (Å²) in [6.07, 6.45) is 0.824. The Bertz CT molecular complexity index is 327. The third kappa shape index (κ3) is 1.79. The molecule has 0 spiro atoms. The molecule has 0 heterocycles. The molecule has 1 aromatic carbocycles. The van der Waals surface area contributed by atoms with Crippen molar-refractivity contribution in [3.63, 3.8) is 0 Å². The molecule has 0 aromatic heterocycles. The minimum Gasteiger partial charge on any atom is -0.411 e. The first-order valence-corrected chi connectivity index (χ1v) is 3.76. The van der Waals surface area contributed by atoms with Crippen LogP contribution in [0.5, 0.6) is 0 Å². The lowest BCUT2D eigenvalue weighted by Gasteiger charge is -1.97. The molecule has 1 N–H and O–H groups in total. The number of oxime groups is 1. The van der Waals surface area contributed by atoms with Gasteiger partial charge < -0.3 is 5.21 Å². The summed E-state index contributed by atoms with van der Waals surface area (Å²) in [4.78, 5) is 0. The van der Waals surface area contributed by atoms with Gasteiger partial charge in [0.05, 0.1) is 10.7 Å². The van der Waals surface area contributed by atoms with Crippen LogP contribution in [0.3, 0.4) is 0 Å². The lowest BCUT2D eigenvalue weighted by Crippen LogP contribution is -1.91. The van der Waals surface area contributed by atoms with Crippen molar-refractivity contribution >= 4 is 22.1 Å². The molecule has 2 nitrogen and oxygen atoms in total. The van der Waals surface area contributed by atoms with Crippen molar-refractivity contribution in [1.82, 2.24) is 0 Å². The molecule has 0 radical (unpaired) electrons. The molecule has 0 amide bonds. The first kappa shape index (κ1) is 9.12. The van der Waals surface area contributed by atoms with Gasteiger partial charge in [-0.2, -0.15) is 0 Å². The molecule has 64 valence electrons. The molecule has 0 fully saturated rings. The summed E-state index contributed by atoms with van der Waals surface area (Å²) in [5.41, 5.74) is -0.0989. The predicted octanol–water partition coefficient (Wildman–Crippen LogP) is 2.54. The van der Waals surface area contributed by atoms with Crippen LogP contribution in [-0.2, 0) is 0 Å². The van der Waals surface area contributed by atoms with Crippen LogP contribution in [0.4, 0.5) is 8.78 Å². The summed E-state index contributed by atoms with van der Waals surface area (Å²) < 4.78 is 25.6. The van der Waals surface area contributed by atoms with Crippen molar-refractivity contribution in [1.29, 1.82) is 0 Å². The molecule has 1 rings (SSSR count). The molecule has 0 saturated heterocycles. The van der Waals surface area contributed by atoms with Crippen molar-refractivity contribution in [2.24, 2.45) is 5.16 Å². The highest BCUT2D eigenvalue weighted by atomic mass is 79.9. The van der Waals surface area contributed by atoms with E-state index in [0.717, 1.165) is 18.3 Å². The van der Waals surface area contributed by atoms with Crippen molar-refractivity contribution in [3.05, 3.63) is 33.8 Å². The van der Waals surface area contributed by atoms with E-state index < -0.39 is 11.6 Å². The minimum atomic E-state index is -0.652. The topological polar surface area (TPSA) is 32.6 Å². The second-order valence-electron chi connectivity index (χ2n) is 2.03. The molecular formula is C7H4BrF2NO. The quantitative estimate of drug-likeness (QED) is 0.345. The van der Waals surface area contributed by atoms with Gasteiger partial charge in [0.1, 0.15) is 11.6 Å². The van der Waals surface area contributed by atoms with Gasteiger partial charge in [0.15, 0.2) is 0 Å². The van der Waals surface area contributed by atoms with E-state index in [1.54, 1.807) is 0 Å². The highest BCUT2D eigenvalue weighted by molar-refractivity contribution is 9.10. The maximum Gasteiger partial charge on any atom is 0.138 e. The molecule has 12 heavy (non-hydrogen) atoms. The van der Waals surface area contributed by atoms with Gasteiger partial charge >= 0.3 is 0 Å². The van der Waals surface area contributed by atoms with Crippen LogP contribution in [0.25, 0.3) is 0 Å². The minimum absolute atomic E-state index is 0.0371. The van der Waals surface area contributed by atoms with Crippen LogP contribution in [0.2, 0.25) is 0 Å². The third-order valence-electron chi connectivity index (χ3n) is 1.24. The van der Waals surface area contributed by atoms with Crippen molar-refractivity contribution < 1.29 is 14.0 Å². The van der Waals surface area contributed by atoms with E-state index in [1.165, 1.54) is 0 Å². The number of hydrogen-bond acceptors (Lipinski definition) is 2. The van der Waals surface area contributed by atoms with E-state index in [2.05, 4.69) is 21.1 Å². The lowest BCUT2D eigenvalue weighted by molar-refractivity contribution is 0.321. The Morgan fingerprint density at radius 2 is 2.00 bits per heavy atom. The number of halogens is 3. The van der Waals surface area contributed by atoms with Gasteiger partial charge in [-0.15, -0.1) is 0 Å². The van der Waals surface area contributed by atoms with Gasteiger partial charge in [0.2, 0.25) is 0 Å². The van der Waals surface area contributed by atoms with E-state index in [4.69, 9.17) is 5.21 Å². The van der Waals surface area contributed by atoms with Crippen molar-refractivity contribution in [2.75, 3.05) is 0 Å². The Balaban J connectivity index is 3.23. The van der Waals surface area contributed by atoms with Crippen LogP contribution in [0, 0.1) is 11.6 Å². The molecule has 0 atom stereocenters. The van der Waals surface area contributed by atoms with Crippen molar-refractivity contribution in [3.8, 4) is 0 Å². The monoisotopic (exact) mass is 235 g/mol. The highest BCUT2D eigenvalue weighted by Gasteiger charge is 2.05. The summed E-state index contributed by atoms with van der Waals surface area (Å²) in [6, 6.07) is 1.89.